The molecule has 0 unspecified atom stereocenters. The molecule has 3 nitrogen and oxygen atoms in total. The summed E-state index contributed by atoms with van der Waals surface area (Å²) in [7, 11) is 0. The Labute approximate surface area is 66.7 Å². The second-order valence-electron chi connectivity index (χ2n) is 2.18. The van der Waals surface area contributed by atoms with E-state index in [-0.39, 0.29) is 19.2 Å². The maximum atomic E-state index is 10.7. The summed E-state index contributed by atoms with van der Waals surface area (Å²) in [4.78, 5) is 10.7. The van der Waals surface area contributed by atoms with Gasteiger partial charge in [-0.15, -0.1) is 0 Å². The van der Waals surface area contributed by atoms with Crippen molar-refractivity contribution in [2.45, 2.75) is 13.3 Å². The van der Waals surface area contributed by atoms with Crippen LogP contribution in [0.3, 0.4) is 0 Å². The van der Waals surface area contributed by atoms with Gasteiger partial charge in [0.2, 0.25) is 0 Å². The molecule has 0 aromatic carbocycles. The zero-order valence-corrected chi connectivity index (χ0v) is 6.67. The molecule has 1 radical (unpaired) electrons. The number of aliphatic hydroxyl groups excluding tert-OH is 1. The molecule has 0 rings (SSSR count). The van der Waals surface area contributed by atoms with Crippen molar-refractivity contribution in [3.05, 3.63) is 18.6 Å². The quantitative estimate of drug-likeness (QED) is 0.363. The van der Waals surface area contributed by atoms with Crippen LogP contribution in [0.4, 0.5) is 0 Å². The van der Waals surface area contributed by atoms with Gasteiger partial charge in [0.25, 0.3) is 0 Å². The second-order valence-corrected chi connectivity index (χ2v) is 2.18. The van der Waals surface area contributed by atoms with E-state index in [4.69, 9.17) is 9.84 Å². The van der Waals surface area contributed by atoms with Gasteiger partial charge in [0.1, 0.15) is 0 Å². The van der Waals surface area contributed by atoms with E-state index in [1.807, 2.05) is 0 Å². The molecule has 0 aliphatic rings. The first kappa shape index (κ1) is 10.2. The molecule has 0 bridgehead atoms. The lowest BCUT2D eigenvalue weighted by Crippen LogP contribution is -2.06. The summed E-state index contributed by atoms with van der Waals surface area (Å²) >= 11 is 0. The van der Waals surface area contributed by atoms with Crippen LogP contribution in [-0.4, -0.2) is 24.3 Å². The topological polar surface area (TPSA) is 46.5 Å². The third-order valence-corrected chi connectivity index (χ3v) is 1.01. The Morgan fingerprint density at radius 2 is 2.36 bits per heavy atom. The smallest absolute Gasteiger partial charge is 0.333 e. The number of hydrogen-bond donors (Lipinski definition) is 1. The highest BCUT2D eigenvalue weighted by Gasteiger charge is 2.00. The molecule has 0 aromatic heterocycles. The molecule has 0 saturated carbocycles. The van der Waals surface area contributed by atoms with Crippen molar-refractivity contribution >= 4 is 5.97 Å². The first-order valence-electron chi connectivity index (χ1n) is 3.43. The largest absolute Gasteiger partial charge is 0.462 e. The fraction of sp³-hybridized carbons (Fsp3) is 0.500. The predicted octanol–water partition coefficient (Wildman–Crippen LogP) is 0.692. The van der Waals surface area contributed by atoms with Crippen LogP contribution in [0.15, 0.2) is 12.2 Å². The van der Waals surface area contributed by atoms with Gasteiger partial charge >= 0.3 is 5.97 Å². The summed E-state index contributed by atoms with van der Waals surface area (Å²) in [5.74, 6) is -0.390. The van der Waals surface area contributed by atoms with Gasteiger partial charge < -0.3 is 9.84 Å². The van der Waals surface area contributed by atoms with Crippen LogP contribution < -0.4 is 0 Å². The Morgan fingerprint density at radius 3 is 2.82 bits per heavy atom. The zero-order chi connectivity index (χ0) is 8.69. The minimum Gasteiger partial charge on any atom is -0.462 e. The van der Waals surface area contributed by atoms with Gasteiger partial charge in [-0.1, -0.05) is 6.58 Å². The number of hydrogen-bond acceptors (Lipinski definition) is 3. The predicted molar refractivity (Wildman–Crippen MR) is 41.8 cm³/mol. The van der Waals surface area contributed by atoms with Crippen LogP contribution in [-0.2, 0) is 9.53 Å². The molecule has 0 saturated heterocycles. The fourth-order valence-electron chi connectivity index (χ4n) is 0.432. The molecular weight excluding hydrogens is 144 g/mol. The molecule has 63 valence electrons. The molecule has 0 aromatic rings. The van der Waals surface area contributed by atoms with Crippen molar-refractivity contribution in [2.24, 2.45) is 0 Å². The van der Waals surface area contributed by atoms with Gasteiger partial charge in [-0.05, 0) is 13.3 Å². The Hall–Kier alpha value is -0.830. The number of ether oxygens (including phenoxy) is 1. The SMILES string of the molecule is C=C(C)C(=O)OC[CH]CCO. The minimum atomic E-state index is -0.390. The number of unbranched alkanes of at least 4 members (excludes halogenated alkanes) is 1. The highest BCUT2D eigenvalue weighted by atomic mass is 16.5. The summed E-state index contributed by atoms with van der Waals surface area (Å²) in [6.07, 6.45) is 2.24. The van der Waals surface area contributed by atoms with Crippen LogP contribution in [0.5, 0.6) is 0 Å². The lowest BCUT2D eigenvalue weighted by atomic mass is 10.3. The Kier molecular flexibility index (Phi) is 5.47. The van der Waals surface area contributed by atoms with Crippen LogP contribution in [0.1, 0.15) is 13.3 Å². The second kappa shape index (κ2) is 5.92. The van der Waals surface area contributed by atoms with Gasteiger partial charge in [-0.2, -0.15) is 0 Å². The third kappa shape index (κ3) is 5.61. The van der Waals surface area contributed by atoms with Crippen LogP contribution in [0.2, 0.25) is 0 Å². The van der Waals surface area contributed by atoms with Crippen molar-refractivity contribution in [3.8, 4) is 0 Å². The summed E-state index contributed by atoms with van der Waals surface area (Å²) in [5.41, 5.74) is 0.391. The number of carbonyl (C=O) groups is 1. The van der Waals surface area contributed by atoms with E-state index in [0.29, 0.717) is 12.0 Å². The minimum absolute atomic E-state index is 0.0879. The Morgan fingerprint density at radius 1 is 1.73 bits per heavy atom. The maximum absolute atomic E-state index is 10.7. The number of esters is 1. The van der Waals surface area contributed by atoms with Gasteiger partial charge in [0.15, 0.2) is 0 Å². The van der Waals surface area contributed by atoms with Crippen molar-refractivity contribution in [3.63, 3.8) is 0 Å². The fourth-order valence-corrected chi connectivity index (χ4v) is 0.432. The summed E-state index contributed by atoms with van der Waals surface area (Å²) in [5, 5.41) is 8.35. The standard InChI is InChI=1S/C8H13O3/c1-7(2)8(10)11-6-4-3-5-9/h4,9H,1,3,5-6H2,2H3. The van der Waals surface area contributed by atoms with Crippen LogP contribution in [0.25, 0.3) is 0 Å². The van der Waals surface area contributed by atoms with E-state index >= 15 is 0 Å². The van der Waals surface area contributed by atoms with E-state index in [2.05, 4.69) is 6.58 Å². The highest BCUT2D eigenvalue weighted by molar-refractivity contribution is 5.86. The molecule has 0 aliphatic carbocycles. The maximum Gasteiger partial charge on any atom is 0.333 e. The van der Waals surface area contributed by atoms with Crippen molar-refractivity contribution in [1.29, 1.82) is 0 Å². The molecule has 0 fully saturated rings. The molecule has 0 aliphatic heterocycles. The van der Waals surface area contributed by atoms with E-state index in [1.54, 1.807) is 13.3 Å². The number of carbonyl (C=O) groups excluding carboxylic acids is 1. The average Bonchev–Trinajstić information content (AvgIpc) is 1.97. The normalized spacial score (nSPS) is 9.27. The first-order valence-corrected chi connectivity index (χ1v) is 3.43. The van der Waals surface area contributed by atoms with E-state index in [9.17, 15) is 4.79 Å². The number of aliphatic hydroxyl groups is 1. The van der Waals surface area contributed by atoms with Crippen LogP contribution in [0, 0.1) is 6.42 Å². The van der Waals surface area contributed by atoms with E-state index in [1.165, 1.54) is 0 Å². The van der Waals surface area contributed by atoms with Gasteiger partial charge in [0.05, 0.1) is 6.61 Å². The monoisotopic (exact) mass is 157 g/mol. The lowest BCUT2D eigenvalue weighted by molar-refractivity contribution is -0.138. The van der Waals surface area contributed by atoms with Gasteiger partial charge in [-0.25, -0.2) is 4.79 Å². The van der Waals surface area contributed by atoms with Crippen molar-refractivity contribution in [2.75, 3.05) is 13.2 Å². The highest BCUT2D eigenvalue weighted by Crippen LogP contribution is 1.94. The molecule has 1 N–H and O–H groups in total. The van der Waals surface area contributed by atoms with Crippen molar-refractivity contribution in [1.82, 2.24) is 0 Å². The first-order chi connectivity index (χ1) is 5.18. The molecule has 11 heavy (non-hydrogen) atoms. The molecular formula is C8H13O3. The molecule has 0 spiro atoms. The lowest BCUT2D eigenvalue weighted by Gasteiger charge is -2.01. The summed E-state index contributed by atoms with van der Waals surface area (Å²) in [6, 6.07) is 0. The van der Waals surface area contributed by atoms with Gasteiger partial charge in [-0.3, -0.25) is 0 Å². The summed E-state index contributed by atoms with van der Waals surface area (Å²) in [6.45, 7) is 5.34. The molecule has 0 atom stereocenters. The molecule has 0 heterocycles. The average molecular weight is 157 g/mol. The summed E-state index contributed by atoms with van der Waals surface area (Å²) < 4.78 is 4.70. The zero-order valence-electron chi connectivity index (χ0n) is 6.67. The van der Waals surface area contributed by atoms with E-state index < -0.39 is 0 Å². The van der Waals surface area contributed by atoms with Crippen LogP contribution >= 0.6 is 0 Å². The Balaban J connectivity index is 3.25. The van der Waals surface area contributed by atoms with Gasteiger partial charge in [0, 0.05) is 18.6 Å². The molecule has 0 amide bonds. The van der Waals surface area contributed by atoms with E-state index in [0.717, 1.165) is 0 Å². The van der Waals surface area contributed by atoms with Crippen molar-refractivity contribution < 1.29 is 14.6 Å². The molecule has 3 heteroatoms. The third-order valence-electron chi connectivity index (χ3n) is 1.01. The Bertz CT molecular complexity index is 140. The number of rotatable bonds is 5.